The minimum atomic E-state index is -5.06. The van der Waals surface area contributed by atoms with Gasteiger partial charge in [0.15, 0.2) is 0 Å². The van der Waals surface area contributed by atoms with E-state index < -0.39 is 42.4 Å². The number of nitrogens with zero attached hydrogens (tertiary/aromatic N) is 1. The highest BCUT2D eigenvalue weighted by molar-refractivity contribution is 5.87. The van der Waals surface area contributed by atoms with Crippen LogP contribution in [0.5, 0.6) is 0 Å². The van der Waals surface area contributed by atoms with E-state index in [4.69, 9.17) is 14.6 Å². The van der Waals surface area contributed by atoms with Crippen molar-refractivity contribution in [2.75, 3.05) is 26.3 Å². The number of hydrogen-bond donors (Lipinski definition) is 2. The molecule has 0 spiro atoms. The van der Waals surface area contributed by atoms with Gasteiger partial charge in [0.1, 0.15) is 18.8 Å². The van der Waals surface area contributed by atoms with Crippen molar-refractivity contribution < 1.29 is 42.1 Å². The Bertz CT molecular complexity index is 1100. The summed E-state index contributed by atoms with van der Waals surface area (Å²) in [5, 5.41) is 10.3. The van der Waals surface area contributed by atoms with Crippen LogP contribution in [0.1, 0.15) is 24.0 Å². The number of aliphatic carboxylic acids is 1. The van der Waals surface area contributed by atoms with Gasteiger partial charge in [-0.15, -0.1) is 0 Å². The van der Waals surface area contributed by atoms with Crippen LogP contribution in [0.3, 0.4) is 0 Å². The van der Waals surface area contributed by atoms with Crippen molar-refractivity contribution in [2.45, 2.75) is 30.7 Å². The van der Waals surface area contributed by atoms with Crippen LogP contribution in [-0.4, -0.2) is 72.1 Å². The maximum Gasteiger partial charge on any atom is 0.417 e. The molecule has 1 saturated heterocycles. The quantitative estimate of drug-likeness (QED) is 0.615. The van der Waals surface area contributed by atoms with Gasteiger partial charge in [-0.1, -0.05) is 48.5 Å². The van der Waals surface area contributed by atoms with Crippen LogP contribution >= 0.6 is 0 Å². The van der Waals surface area contributed by atoms with E-state index in [1.54, 1.807) is 5.32 Å². The molecule has 2 aromatic rings. The number of benzene rings is 2. The maximum absolute atomic E-state index is 13.6. The van der Waals surface area contributed by atoms with Crippen molar-refractivity contribution in [3.05, 3.63) is 59.7 Å². The number of likely N-dealkylation sites (tertiary alicyclic amines) is 1. The van der Waals surface area contributed by atoms with Crippen molar-refractivity contribution >= 4 is 18.0 Å². The number of nitrogens with one attached hydrogen (secondary N) is 1. The minimum Gasteiger partial charge on any atom is -0.480 e. The molecule has 0 saturated carbocycles. The summed E-state index contributed by atoms with van der Waals surface area (Å²) in [5.41, 5.74) is 2.64. The number of amides is 2. The lowest BCUT2D eigenvalue weighted by molar-refractivity contribution is -0.193. The van der Waals surface area contributed by atoms with Gasteiger partial charge in [-0.3, -0.25) is 4.79 Å². The van der Waals surface area contributed by atoms with E-state index in [0.29, 0.717) is 0 Å². The molecule has 186 valence electrons. The molecule has 0 radical (unpaired) electrons. The highest BCUT2D eigenvalue weighted by Crippen LogP contribution is 2.44. The number of halogens is 3. The fourth-order valence-electron chi connectivity index (χ4n) is 4.47. The number of hydrogen-bond acceptors (Lipinski definition) is 5. The van der Waals surface area contributed by atoms with E-state index in [9.17, 15) is 27.6 Å². The predicted molar refractivity (Wildman–Crippen MR) is 117 cm³/mol. The van der Waals surface area contributed by atoms with Crippen LogP contribution in [0.15, 0.2) is 48.5 Å². The third-order valence-electron chi connectivity index (χ3n) is 6.09. The Kier molecular flexibility index (Phi) is 6.46. The van der Waals surface area contributed by atoms with Crippen molar-refractivity contribution in [1.82, 2.24) is 10.2 Å². The zero-order chi connectivity index (χ0) is 25.4. The van der Waals surface area contributed by atoms with Gasteiger partial charge in [0, 0.05) is 5.92 Å². The molecule has 2 amide bonds. The van der Waals surface area contributed by atoms with Crippen LogP contribution < -0.4 is 5.32 Å². The van der Waals surface area contributed by atoms with Gasteiger partial charge in [0.05, 0.1) is 13.1 Å². The molecule has 35 heavy (non-hydrogen) atoms. The van der Waals surface area contributed by atoms with Gasteiger partial charge in [0.25, 0.3) is 5.91 Å². The van der Waals surface area contributed by atoms with Crippen LogP contribution in [0.2, 0.25) is 0 Å². The summed E-state index contributed by atoms with van der Waals surface area (Å²) in [6.07, 6.45) is -6.43. The Labute approximate surface area is 198 Å². The van der Waals surface area contributed by atoms with E-state index in [1.807, 2.05) is 48.5 Å². The van der Waals surface area contributed by atoms with Gasteiger partial charge < -0.3 is 24.8 Å². The van der Waals surface area contributed by atoms with Gasteiger partial charge in [-0.25, -0.2) is 9.59 Å². The number of alkyl halides is 3. The van der Waals surface area contributed by atoms with Crippen molar-refractivity contribution in [1.29, 1.82) is 0 Å². The van der Waals surface area contributed by atoms with Crippen LogP contribution in [0, 0.1) is 0 Å². The molecule has 8 nitrogen and oxygen atoms in total. The summed E-state index contributed by atoms with van der Waals surface area (Å²) in [4.78, 5) is 36.3. The molecule has 1 unspecified atom stereocenters. The zero-order valence-corrected chi connectivity index (χ0v) is 18.7. The van der Waals surface area contributed by atoms with E-state index in [-0.39, 0.29) is 25.6 Å². The SMILES string of the molecule is CC1(OCC(=O)O)CN(C(=O)C(NC(=O)OCC2c3ccccc3-c3ccccc32)C(F)(F)F)C1. The first-order valence-electron chi connectivity index (χ1n) is 10.8. The second-order valence-electron chi connectivity index (χ2n) is 8.77. The number of carbonyl (C=O) groups excluding carboxylic acids is 2. The zero-order valence-electron chi connectivity index (χ0n) is 18.7. The Hall–Kier alpha value is -3.60. The fourth-order valence-corrected chi connectivity index (χ4v) is 4.47. The Morgan fingerprint density at radius 1 is 1.09 bits per heavy atom. The molecular formula is C24H23F3N2O6. The summed E-state index contributed by atoms with van der Waals surface area (Å²) in [7, 11) is 0. The Balaban J connectivity index is 1.39. The first-order valence-corrected chi connectivity index (χ1v) is 10.8. The molecule has 11 heteroatoms. The smallest absolute Gasteiger partial charge is 0.417 e. The van der Waals surface area contributed by atoms with Crippen LogP contribution in [0.4, 0.5) is 18.0 Å². The molecular weight excluding hydrogens is 469 g/mol. The molecule has 4 rings (SSSR count). The maximum atomic E-state index is 13.6. The monoisotopic (exact) mass is 492 g/mol. The molecule has 1 atom stereocenters. The molecule has 1 heterocycles. The summed E-state index contributed by atoms with van der Waals surface area (Å²) in [6, 6.07) is 12.2. The average Bonchev–Trinajstić information content (AvgIpc) is 3.10. The summed E-state index contributed by atoms with van der Waals surface area (Å²) < 4.78 is 51.1. The number of carboxylic acid groups (broad SMARTS) is 1. The standard InChI is InChI=1S/C24H23F3N2O6/c1-23(35-11-19(30)31)12-29(13-23)21(32)20(24(25,26)27)28-22(33)34-10-18-16-8-4-2-6-14(16)15-7-3-5-9-17(15)18/h2-9,18,20H,10-13H2,1H3,(H,28,33)(H,30,31). The number of carbonyl (C=O) groups is 3. The van der Waals surface area contributed by atoms with Gasteiger partial charge in [0.2, 0.25) is 6.04 Å². The molecule has 2 aromatic carbocycles. The third kappa shape index (κ3) is 5.09. The number of carboxylic acids is 1. The second kappa shape index (κ2) is 9.21. The number of ether oxygens (including phenoxy) is 2. The Morgan fingerprint density at radius 3 is 2.14 bits per heavy atom. The molecule has 1 aliphatic heterocycles. The summed E-state index contributed by atoms with van der Waals surface area (Å²) >= 11 is 0. The summed E-state index contributed by atoms with van der Waals surface area (Å²) in [5.74, 6) is -2.96. The molecule has 1 aliphatic carbocycles. The number of alkyl carbamates (subject to hydrolysis) is 1. The molecule has 0 bridgehead atoms. The van der Waals surface area contributed by atoms with Crippen molar-refractivity contribution in [3.63, 3.8) is 0 Å². The minimum absolute atomic E-state index is 0.205. The van der Waals surface area contributed by atoms with Gasteiger partial charge in [-0.05, 0) is 29.2 Å². The summed E-state index contributed by atoms with van der Waals surface area (Å²) in [6.45, 7) is 0.167. The lowest BCUT2D eigenvalue weighted by Crippen LogP contribution is -2.68. The molecule has 2 aliphatic rings. The van der Waals surface area contributed by atoms with Crippen LogP contribution in [0.25, 0.3) is 11.1 Å². The Morgan fingerprint density at radius 2 is 1.63 bits per heavy atom. The van der Waals surface area contributed by atoms with Crippen molar-refractivity contribution in [2.24, 2.45) is 0 Å². The lowest BCUT2D eigenvalue weighted by Gasteiger charge is -2.48. The van der Waals surface area contributed by atoms with Crippen LogP contribution in [-0.2, 0) is 19.1 Å². The highest BCUT2D eigenvalue weighted by atomic mass is 19.4. The third-order valence-corrected chi connectivity index (χ3v) is 6.09. The molecule has 1 fully saturated rings. The topological polar surface area (TPSA) is 105 Å². The highest BCUT2D eigenvalue weighted by Gasteiger charge is 2.52. The van der Waals surface area contributed by atoms with Gasteiger partial charge >= 0.3 is 18.2 Å². The first kappa shape index (κ1) is 24.5. The number of fused-ring (bicyclic) bond motifs is 3. The fraction of sp³-hybridized carbons (Fsp3) is 0.375. The van der Waals surface area contributed by atoms with Crippen molar-refractivity contribution in [3.8, 4) is 11.1 Å². The predicted octanol–water partition coefficient (Wildman–Crippen LogP) is 3.16. The van der Waals surface area contributed by atoms with E-state index in [1.165, 1.54) is 6.92 Å². The molecule has 2 N–H and O–H groups in total. The largest absolute Gasteiger partial charge is 0.480 e. The lowest BCUT2D eigenvalue weighted by atomic mass is 9.95. The first-order chi connectivity index (χ1) is 16.5. The average molecular weight is 492 g/mol. The number of rotatable bonds is 7. The normalized spacial score (nSPS) is 17.1. The van der Waals surface area contributed by atoms with Gasteiger partial charge in [-0.2, -0.15) is 13.2 Å². The van der Waals surface area contributed by atoms with E-state index in [2.05, 4.69) is 0 Å². The van der Waals surface area contributed by atoms with E-state index >= 15 is 0 Å². The molecule has 0 aromatic heterocycles. The second-order valence-corrected chi connectivity index (χ2v) is 8.77. The van der Waals surface area contributed by atoms with E-state index in [0.717, 1.165) is 27.2 Å².